The van der Waals surface area contributed by atoms with Gasteiger partial charge in [0.1, 0.15) is 6.10 Å². The monoisotopic (exact) mass is 250 g/mol. The summed E-state index contributed by atoms with van der Waals surface area (Å²) in [6, 6.07) is 4.17. The van der Waals surface area contributed by atoms with Crippen LogP contribution in [0.2, 0.25) is 0 Å². The summed E-state index contributed by atoms with van der Waals surface area (Å²) in [6.07, 6.45) is 2.26. The molecule has 2 rings (SSSR count). The van der Waals surface area contributed by atoms with Crippen LogP contribution in [0.1, 0.15) is 31.5 Å². The molecule has 1 aromatic heterocycles. The highest BCUT2D eigenvalue weighted by Crippen LogP contribution is 2.17. The zero-order valence-corrected chi connectivity index (χ0v) is 11.2. The first-order valence-corrected chi connectivity index (χ1v) is 6.76. The predicted molar refractivity (Wildman–Crippen MR) is 70.8 cm³/mol. The Balaban J connectivity index is 2.00. The largest absolute Gasteiger partial charge is 0.469 e. The Morgan fingerprint density at radius 3 is 2.83 bits per heavy atom. The molecule has 4 nitrogen and oxygen atoms in total. The molecule has 1 fully saturated rings. The van der Waals surface area contributed by atoms with Crippen molar-refractivity contribution in [3.8, 4) is 5.88 Å². The average molecular weight is 250 g/mol. The van der Waals surface area contributed by atoms with Crippen molar-refractivity contribution >= 4 is 0 Å². The van der Waals surface area contributed by atoms with Gasteiger partial charge in [-0.1, -0.05) is 13.8 Å². The first kappa shape index (κ1) is 13.3. The Morgan fingerprint density at radius 2 is 2.22 bits per heavy atom. The van der Waals surface area contributed by atoms with Gasteiger partial charge < -0.3 is 14.8 Å². The molecular weight excluding hydrogens is 228 g/mol. The van der Waals surface area contributed by atoms with E-state index < -0.39 is 0 Å². The Hall–Kier alpha value is -1.13. The second-order valence-corrected chi connectivity index (χ2v) is 4.61. The summed E-state index contributed by atoms with van der Waals surface area (Å²) in [4.78, 5) is 4.50. The van der Waals surface area contributed by atoms with Gasteiger partial charge in [0.25, 0.3) is 0 Å². The number of hydrogen-bond donors (Lipinski definition) is 1. The first-order chi connectivity index (χ1) is 8.81. The van der Waals surface area contributed by atoms with E-state index in [0.29, 0.717) is 13.2 Å². The number of nitrogens with zero attached hydrogens (tertiary/aromatic N) is 1. The van der Waals surface area contributed by atoms with Gasteiger partial charge in [-0.3, -0.25) is 0 Å². The summed E-state index contributed by atoms with van der Waals surface area (Å²) in [5, 5.41) is 3.40. The maximum Gasteiger partial charge on any atom is 0.214 e. The molecule has 18 heavy (non-hydrogen) atoms. The van der Waals surface area contributed by atoms with Gasteiger partial charge in [-0.25, -0.2) is 4.98 Å². The van der Waals surface area contributed by atoms with Crippen molar-refractivity contribution < 1.29 is 9.47 Å². The summed E-state index contributed by atoms with van der Waals surface area (Å²) in [5.41, 5.74) is 2.33. The smallest absolute Gasteiger partial charge is 0.214 e. The third kappa shape index (κ3) is 3.68. The Morgan fingerprint density at radius 1 is 1.39 bits per heavy atom. The van der Waals surface area contributed by atoms with Crippen molar-refractivity contribution in [2.24, 2.45) is 0 Å². The third-order valence-corrected chi connectivity index (χ3v) is 2.93. The summed E-state index contributed by atoms with van der Waals surface area (Å²) >= 11 is 0. The fourth-order valence-electron chi connectivity index (χ4n) is 1.83. The highest BCUT2D eigenvalue weighted by Gasteiger charge is 2.20. The van der Waals surface area contributed by atoms with Gasteiger partial charge in [-0.05, 0) is 31.0 Å². The van der Waals surface area contributed by atoms with E-state index in [2.05, 4.69) is 30.2 Å². The lowest BCUT2D eigenvalue weighted by Crippen LogP contribution is -2.38. The first-order valence-electron chi connectivity index (χ1n) is 6.76. The molecule has 1 aliphatic heterocycles. The number of rotatable bonds is 7. The van der Waals surface area contributed by atoms with E-state index in [0.717, 1.165) is 37.5 Å². The molecule has 2 heterocycles. The highest BCUT2D eigenvalue weighted by atomic mass is 16.6. The van der Waals surface area contributed by atoms with Gasteiger partial charge in [-0.2, -0.15) is 0 Å². The molecule has 0 bridgehead atoms. The van der Waals surface area contributed by atoms with Crippen LogP contribution in [-0.4, -0.2) is 30.8 Å². The summed E-state index contributed by atoms with van der Waals surface area (Å²) in [5.74, 6) is 0.732. The van der Waals surface area contributed by atoms with Crippen LogP contribution < -0.4 is 10.1 Å². The van der Waals surface area contributed by atoms with E-state index in [4.69, 9.17) is 9.47 Å². The van der Waals surface area contributed by atoms with Crippen molar-refractivity contribution in [3.05, 3.63) is 23.4 Å². The van der Waals surface area contributed by atoms with Gasteiger partial charge in [0.15, 0.2) is 0 Å². The van der Waals surface area contributed by atoms with Crippen LogP contribution in [0.3, 0.4) is 0 Å². The minimum absolute atomic E-state index is 0.182. The fourth-order valence-corrected chi connectivity index (χ4v) is 1.83. The summed E-state index contributed by atoms with van der Waals surface area (Å²) in [7, 11) is 0. The number of ether oxygens (including phenoxy) is 2. The molecule has 0 aliphatic carbocycles. The van der Waals surface area contributed by atoms with E-state index >= 15 is 0 Å². The Bertz CT molecular complexity index is 378. The molecule has 0 spiro atoms. The van der Waals surface area contributed by atoms with E-state index in [9.17, 15) is 0 Å². The zero-order chi connectivity index (χ0) is 12.8. The SMILES string of the molecule is CCCNCc1cc(CC)nc(OC2COC2)c1. The van der Waals surface area contributed by atoms with Crippen LogP contribution in [0.25, 0.3) is 0 Å². The minimum atomic E-state index is 0.182. The molecule has 1 N–H and O–H groups in total. The standard InChI is InChI=1S/C14H22N2O2/c1-3-5-15-8-11-6-12(4-2)16-14(7-11)18-13-9-17-10-13/h6-7,13,15H,3-5,8-10H2,1-2H3. The molecule has 0 radical (unpaired) electrons. The van der Waals surface area contributed by atoms with Crippen LogP contribution in [-0.2, 0) is 17.7 Å². The van der Waals surface area contributed by atoms with E-state index in [1.165, 1.54) is 5.56 Å². The molecule has 0 atom stereocenters. The van der Waals surface area contributed by atoms with Crippen molar-refractivity contribution in [1.29, 1.82) is 0 Å². The molecule has 4 heteroatoms. The second kappa shape index (κ2) is 6.71. The van der Waals surface area contributed by atoms with E-state index in [1.54, 1.807) is 0 Å². The third-order valence-electron chi connectivity index (χ3n) is 2.93. The molecule has 0 amide bonds. The Kier molecular flexibility index (Phi) is 4.96. The molecule has 0 aromatic carbocycles. The molecule has 1 saturated heterocycles. The quantitative estimate of drug-likeness (QED) is 0.751. The number of hydrogen-bond acceptors (Lipinski definition) is 4. The molecule has 0 saturated carbocycles. The van der Waals surface area contributed by atoms with E-state index in [-0.39, 0.29) is 6.10 Å². The summed E-state index contributed by atoms with van der Waals surface area (Å²) < 4.78 is 10.9. The normalized spacial score (nSPS) is 15.4. The van der Waals surface area contributed by atoms with Crippen LogP contribution in [0.5, 0.6) is 5.88 Å². The molecule has 1 aromatic rings. The fraction of sp³-hybridized carbons (Fsp3) is 0.643. The van der Waals surface area contributed by atoms with Gasteiger partial charge in [-0.15, -0.1) is 0 Å². The number of aromatic nitrogens is 1. The zero-order valence-electron chi connectivity index (χ0n) is 11.2. The maximum atomic E-state index is 5.78. The number of pyridine rings is 1. The molecular formula is C14H22N2O2. The second-order valence-electron chi connectivity index (χ2n) is 4.61. The van der Waals surface area contributed by atoms with Crippen LogP contribution in [0.15, 0.2) is 12.1 Å². The predicted octanol–water partition coefficient (Wildman–Crippen LogP) is 1.92. The van der Waals surface area contributed by atoms with Crippen LogP contribution >= 0.6 is 0 Å². The highest BCUT2D eigenvalue weighted by molar-refractivity contribution is 5.25. The Labute approximate surface area is 109 Å². The van der Waals surface area contributed by atoms with E-state index in [1.807, 2.05) is 6.07 Å². The van der Waals surface area contributed by atoms with Crippen molar-refractivity contribution in [2.45, 2.75) is 39.3 Å². The molecule has 0 unspecified atom stereocenters. The average Bonchev–Trinajstić information content (AvgIpc) is 2.34. The number of aryl methyl sites for hydroxylation is 1. The molecule has 1 aliphatic rings. The van der Waals surface area contributed by atoms with Crippen molar-refractivity contribution in [3.63, 3.8) is 0 Å². The van der Waals surface area contributed by atoms with Crippen molar-refractivity contribution in [1.82, 2.24) is 10.3 Å². The van der Waals surface area contributed by atoms with Crippen LogP contribution in [0.4, 0.5) is 0 Å². The van der Waals surface area contributed by atoms with Gasteiger partial charge in [0, 0.05) is 18.3 Å². The number of nitrogens with one attached hydrogen (secondary N) is 1. The van der Waals surface area contributed by atoms with Gasteiger partial charge >= 0.3 is 0 Å². The lowest BCUT2D eigenvalue weighted by Gasteiger charge is -2.26. The van der Waals surface area contributed by atoms with Gasteiger partial charge in [0.05, 0.1) is 13.2 Å². The summed E-state index contributed by atoms with van der Waals surface area (Å²) in [6.45, 7) is 7.56. The van der Waals surface area contributed by atoms with Gasteiger partial charge in [0.2, 0.25) is 5.88 Å². The topological polar surface area (TPSA) is 43.4 Å². The molecule has 100 valence electrons. The lowest BCUT2D eigenvalue weighted by atomic mass is 10.2. The lowest BCUT2D eigenvalue weighted by molar-refractivity contribution is -0.0814. The maximum absolute atomic E-state index is 5.78. The minimum Gasteiger partial charge on any atom is -0.469 e. The van der Waals surface area contributed by atoms with Crippen molar-refractivity contribution in [2.75, 3.05) is 19.8 Å². The van der Waals surface area contributed by atoms with Crippen LogP contribution in [0, 0.1) is 0 Å².